The van der Waals surface area contributed by atoms with Gasteiger partial charge in [-0.3, -0.25) is 4.79 Å². The van der Waals surface area contributed by atoms with Crippen LogP contribution < -0.4 is 5.32 Å². The quantitative estimate of drug-likeness (QED) is 0.791. The fourth-order valence-corrected chi connectivity index (χ4v) is 1.66. The summed E-state index contributed by atoms with van der Waals surface area (Å²) < 4.78 is 0. The van der Waals surface area contributed by atoms with E-state index in [2.05, 4.69) is 22.2 Å². The van der Waals surface area contributed by atoms with Crippen LogP contribution in [0.15, 0.2) is 6.20 Å². The van der Waals surface area contributed by atoms with E-state index in [-0.39, 0.29) is 25.0 Å². The van der Waals surface area contributed by atoms with Gasteiger partial charge in [0.2, 0.25) is 0 Å². The van der Waals surface area contributed by atoms with E-state index in [0.29, 0.717) is 17.2 Å². The number of likely N-dealkylation sites (N-methyl/N-ethyl adjacent to an activating group) is 1. The molecule has 0 fully saturated rings. The third-order valence-corrected chi connectivity index (χ3v) is 2.87. The highest BCUT2D eigenvalue weighted by Crippen LogP contribution is 2.17. The van der Waals surface area contributed by atoms with Crippen molar-refractivity contribution in [3.8, 4) is 0 Å². The van der Waals surface area contributed by atoms with E-state index < -0.39 is 0 Å². The Kier molecular flexibility index (Phi) is 6.38. The minimum Gasteiger partial charge on any atom is -0.395 e. The normalized spacial score (nSPS) is 10.7. The fraction of sp³-hybridized carbons (Fsp3) is 0.643. The molecule has 1 heterocycles. The van der Waals surface area contributed by atoms with Crippen LogP contribution in [0.5, 0.6) is 0 Å². The predicted octanol–water partition coefficient (Wildman–Crippen LogP) is 1.49. The van der Waals surface area contributed by atoms with Crippen molar-refractivity contribution in [1.29, 1.82) is 0 Å². The van der Waals surface area contributed by atoms with Gasteiger partial charge in [0.05, 0.1) is 18.5 Å². The van der Waals surface area contributed by atoms with Crippen LogP contribution in [-0.4, -0.2) is 52.6 Å². The number of nitrogens with zero attached hydrogens (tertiary/aromatic N) is 3. The highest BCUT2D eigenvalue weighted by molar-refractivity contribution is 5.97. The van der Waals surface area contributed by atoms with Crippen LogP contribution in [0.2, 0.25) is 0 Å². The molecule has 0 atom stereocenters. The second kappa shape index (κ2) is 7.79. The fourth-order valence-electron chi connectivity index (χ4n) is 1.66. The molecule has 0 aliphatic heterocycles. The molecule has 2 N–H and O–H groups in total. The summed E-state index contributed by atoms with van der Waals surface area (Å²) in [7, 11) is 1.65. The lowest BCUT2D eigenvalue weighted by Crippen LogP contribution is -2.31. The number of amides is 1. The monoisotopic (exact) mass is 280 g/mol. The molecule has 20 heavy (non-hydrogen) atoms. The third kappa shape index (κ3) is 4.16. The van der Waals surface area contributed by atoms with Gasteiger partial charge in [0.1, 0.15) is 5.82 Å². The maximum absolute atomic E-state index is 12.4. The molecule has 1 aromatic heterocycles. The van der Waals surface area contributed by atoms with E-state index >= 15 is 0 Å². The van der Waals surface area contributed by atoms with Crippen LogP contribution in [0, 0.1) is 0 Å². The zero-order valence-corrected chi connectivity index (χ0v) is 12.7. The minimum atomic E-state index is -0.207. The largest absolute Gasteiger partial charge is 0.395 e. The van der Waals surface area contributed by atoms with Crippen molar-refractivity contribution in [3.05, 3.63) is 17.7 Å². The van der Waals surface area contributed by atoms with E-state index in [0.717, 1.165) is 13.0 Å². The summed E-state index contributed by atoms with van der Waals surface area (Å²) in [5, 5.41) is 12.1. The number of aliphatic hydroxyl groups is 1. The molecule has 0 aliphatic carbocycles. The number of hydrogen-bond donors (Lipinski definition) is 2. The molecule has 6 heteroatoms. The van der Waals surface area contributed by atoms with E-state index in [9.17, 15) is 4.79 Å². The second-order valence-electron chi connectivity index (χ2n) is 5.02. The Balaban J connectivity index is 3.09. The van der Waals surface area contributed by atoms with E-state index in [1.165, 1.54) is 4.90 Å². The summed E-state index contributed by atoms with van der Waals surface area (Å²) in [4.78, 5) is 22.5. The lowest BCUT2D eigenvalue weighted by atomic mass is 10.2. The Bertz CT molecular complexity index is 449. The van der Waals surface area contributed by atoms with Gasteiger partial charge in [0.15, 0.2) is 5.69 Å². The molecule has 0 aromatic carbocycles. The lowest BCUT2D eigenvalue weighted by Gasteiger charge is -2.18. The van der Waals surface area contributed by atoms with Crippen LogP contribution >= 0.6 is 0 Å². The number of carbonyl (C=O) groups excluding carboxylic acids is 1. The van der Waals surface area contributed by atoms with Crippen LogP contribution in [0.3, 0.4) is 0 Å². The topological polar surface area (TPSA) is 78.4 Å². The van der Waals surface area contributed by atoms with Gasteiger partial charge in [-0.2, -0.15) is 0 Å². The Morgan fingerprint density at radius 1 is 1.50 bits per heavy atom. The molecule has 1 rings (SSSR count). The molecular weight excluding hydrogens is 256 g/mol. The third-order valence-electron chi connectivity index (χ3n) is 2.87. The van der Waals surface area contributed by atoms with Gasteiger partial charge in [-0.15, -0.1) is 0 Å². The Hall–Kier alpha value is -1.69. The number of carbonyl (C=O) groups is 1. The molecule has 0 bridgehead atoms. The SMILES string of the molecule is CCCNc1cnc(C(C)C)nc1C(=O)N(C)CCO. The van der Waals surface area contributed by atoms with Gasteiger partial charge in [-0.25, -0.2) is 9.97 Å². The molecule has 0 saturated carbocycles. The van der Waals surface area contributed by atoms with Gasteiger partial charge in [0, 0.05) is 26.1 Å². The highest BCUT2D eigenvalue weighted by atomic mass is 16.3. The van der Waals surface area contributed by atoms with Gasteiger partial charge in [0.25, 0.3) is 5.91 Å². The maximum atomic E-state index is 12.4. The number of aliphatic hydroxyl groups excluding tert-OH is 1. The van der Waals surface area contributed by atoms with E-state index in [1.807, 2.05) is 13.8 Å². The number of aromatic nitrogens is 2. The second-order valence-corrected chi connectivity index (χ2v) is 5.02. The smallest absolute Gasteiger partial charge is 0.274 e. The standard InChI is InChI=1S/C14H24N4O2/c1-5-6-15-11-9-16-13(10(2)3)17-12(11)14(20)18(4)7-8-19/h9-10,15,19H,5-8H2,1-4H3. The molecular formula is C14H24N4O2. The van der Waals surface area contributed by atoms with Crippen molar-refractivity contribution in [2.24, 2.45) is 0 Å². The summed E-state index contributed by atoms with van der Waals surface area (Å²) in [6.45, 7) is 7.00. The van der Waals surface area contributed by atoms with Crippen LogP contribution in [0.1, 0.15) is 49.4 Å². The van der Waals surface area contributed by atoms with Gasteiger partial charge in [-0.1, -0.05) is 20.8 Å². The molecule has 0 spiro atoms. The maximum Gasteiger partial charge on any atom is 0.274 e. The molecule has 1 amide bonds. The van der Waals surface area contributed by atoms with Crippen molar-refractivity contribution >= 4 is 11.6 Å². The zero-order valence-electron chi connectivity index (χ0n) is 12.7. The van der Waals surface area contributed by atoms with Crippen molar-refractivity contribution in [2.75, 3.05) is 32.1 Å². The van der Waals surface area contributed by atoms with Crippen LogP contribution in [-0.2, 0) is 0 Å². The molecule has 1 aromatic rings. The zero-order chi connectivity index (χ0) is 15.1. The summed E-state index contributed by atoms with van der Waals surface area (Å²) >= 11 is 0. The van der Waals surface area contributed by atoms with Gasteiger partial charge < -0.3 is 15.3 Å². The average Bonchev–Trinajstić information content (AvgIpc) is 2.44. The summed E-state index contributed by atoms with van der Waals surface area (Å²) in [5.74, 6) is 0.597. The van der Waals surface area contributed by atoms with Crippen molar-refractivity contribution in [2.45, 2.75) is 33.1 Å². The Morgan fingerprint density at radius 3 is 2.75 bits per heavy atom. The summed E-state index contributed by atoms with van der Waals surface area (Å²) in [5.41, 5.74) is 1.01. The highest BCUT2D eigenvalue weighted by Gasteiger charge is 2.19. The van der Waals surface area contributed by atoms with Crippen molar-refractivity contribution in [3.63, 3.8) is 0 Å². The number of hydrogen-bond acceptors (Lipinski definition) is 5. The molecule has 112 valence electrons. The first-order valence-corrected chi connectivity index (χ1v) is 6.98. The van der Waals surface area contributed by atoms with Crippen molar-refractivity contribution in [1.82, 2.24) is 14.9 Å². The molecule has 0 saturated heterocycles. The number of nitrogens with one attached hydrogen (secondary N) is 1. The first kappa shape index (κ1) is 16.4. The average molecular weight is 280 g/mol. The predicted molar refractivity (Wildman–Crippen MR) is 78.9 cm³/mol. The van der Waals surface area contributed by atoms with Crippen LogP contribution in [0.25, 0.3) is 0 Å². The van der Waals surface area contributed by atoms with E-state index in [1.54, 1.807) is 13.2 Å². The Morgan fingerprint density at radius 2 is 2.20 bits per heavy atom. The lowest BCUT2D eigenvalue weighted by molar-refractivity contribution is 0.0761. The Labute approximate surface area is 120 Å². The molecule has 0 aliphatic rings. The first-order chi connectivity index (χ1) is 9.51. The summed E-state index contributed by atoms with van der Waals surface area (Å²) in [6, 6.07) is 0. The minimum absolute atomic E-state index is 0.0674. The van der Waals surface area contributed by atoms with Gasteiger partial charge >= 0.3 is 0 Å². The summed E-state index contributed by atoms with van der Waals surface area (Å²) in [6.07, 6.45) is 2.62. The van der Waals surface area contributed by atoms with Crippen LogP contribution in [0.4, 0.5) is 5.69 Å². The molecule has 0 radical (unpaired) electrons. The molecule has 6 nitrogen and oxygen atoms in total. The first-order valence-electron chi connectivity index (χ1n) is 6.98. The molecule has 0 unspecified atom stereocenters. The van der Waals surface area contributed by atoms with E-state index in [4.69, 9.17) is 5.11 Å². The number of rotatable bonds is 7. The van der Waals surface area contributed by atoms with Gasteiger partial charge in [-0.05, 0) is 6.42 Å². The number of anilines is 1. The van der Waals surface area contributed by atoms with Crippen molar-refractivity contribution < 1.29 is 9.90 Å².